The molecule has 0 aliphatic carbocycles. The summed E-state index contributed by atoms with van der Waals surface area (Å²) < 4.78 is 0. The van der Waals surface area contributed by atoms with Gasteiger partial charge in [-0.2, -0.15) is 0 Å². The van der Waals surface area contributed by atoms with Gasteiger partial charge in [-0.05, 0) is 17.7 Å². The molecule has 0 amide bonds. The number of hydrogen-bond donors (Lipinski definition) is 2. The Labute approximate surface area is 78.8 Å². The predicted molar refractivity (Wildman–Crippen MR) is 53.2 cm³/mol. The van der Waals surface area contributed by atoms with E-state index in [0.29, 0.717) is 6.54 Å². The summed E-state index contributed by atoms with van der Waals surface area (Å²) in [5.74, 6) is 0. The van der Waals surface area contributed by atoms with Gasteiger partial charge in [0.15, 0.2) is 0 Å². The topological polar surface area (TPSA) is 52.0 Å². The van der Waals surface area contributed by atoms with Crippen molar-refractivity contribution in [3.8, 4) is 0 Å². The maximum absolute atomic E-state index is 5.48. The average molecular weight is 195 g/mol. The fraction of sp³-hybridized carbons (Fsp3) is 0.143. The van der Waals surface area contributed by atoms with Gasteiger partial charge in [-0.25, -0.2) is 0 Å². The number of rotatable bonds is 1. The maximum Gasteiger partial charge on any atom is 0.0317 e. The van der Waals surface area contributed by atoms with Crippen molar-refractivity contribution in [2.45, 2.75) is 6.54 Å². The highest BCUT2D eigenvalue weighted by molar-refractivity contribution is 5.85. The molecule has 1 aromatic rings. The number of nitrogen functional groups attached to an aromatic ring is 1. The number of halogens is 2. The molecule has 0 radical (unpaired) electrons. The first-order chi connectivity index (χ1) is 4.33. The zero-order valence-corrected chi connectivity index (χ0v) is 7.62. The van der Waals surface area contributed by atoms with E-state index >= 15 is 0 Å². The van der Waals surface area contributed by atoms with Crippen molar-refractivity contribution < 1.29 is 0 Å². The summed E-state index contributed by atoms with van der Waals surface area (Å²) in [5.41, 5.74) is 12.7. The molecule has 0 aliphatic rings. The molecule has 64 valence electrons. The van der Waals surface area contributed by atoms with Crippen LogP contribution in [0, 0.1) is 0 Å². The Balaban J connectivity index is 0. The van der Waals surface area contributed by atoms with Crippen LogP contribution in [0.5, 0.6) is 0 Å². The third-order valence-electron chi connectivity index (χ3n) is 1.19. The lowest BCUT2D eigenvalue weighted by Crippen LogP contribution is -1.96. The first-order valence-electron chi connectivity index (χ1n) is 2.87. The van der Waals surface area contributed by atoms with Gasteiger partial charge in [0.25, 0.3) is 0 Å². The highest BCUT2D eigenvalue weighted by atomic mass is 35.5. The minimum Gasteiger partial charge on any atom is -0.399 e. The Kier molecular flexibility index (Phi) is 7.52. The molecule has 0 unspecified atom stereocenters. The lowest BCUT2D eigenvalue weighted by atomic mass is 10.2. The monoisotopic (exact) mass is 194 g/mol. The van der Waals surface area contributed by atoms with Crippen molar-refractivity contribution in [3.63, 3.8) is 0 Å². The average Bonchev–Trinajstić information content (AvgIpc) is 1.88. The van der Waals surface area contributed by atoms with Crippen LogP contribution in [-0.4, -0.2) is 0 Å². The fourth-order valence-electron chi connectivity index (χ4n) is 0.720. The third-order valence-corrected chi connectivity index (χ3v) is 1.19. The predicted octanol–water partition coefficient (Wildman–Crippen LogP) is 1.57. The van der Waals surface area contributed by atoms with Gasteiger partial charge in [0.05, 0.1) is 0 Å². The first-order valence-corrected chi connectivity index (χ1v) is 2.87. The van der Waals surface area contributed by atoms with Crippen LogP contribution in [0.3, 0.4) is 0 Å². The van der Waals surface area contributed by atoms with E-state index in [1.54, 1.807) is 0 Å². The van der Waals surface area contributed by atoms with Crippen LogP contribution in [0.1, 0.15) is 5.56 Å². The van der Waals surface area contributed by atoms with E-state index in [-0.39, 0.29) is 24.8 Å². The quantitative estimate of drug-likeness (QED) is 0.668. The lowest BCUT2D eigenvalue weighted by molar-refractivity contribution is 1.07. The van der Waals surface area contributed by atoms with Crippen LogP contribution in [0.2, 0.25) is 0 Å². The minimum absolute atomic E-state index is 0. The van der Waals surface area contributed by atoms with Gasteiger partial charge in [0, 0.05) is 12.2 Å². The molecule has 4 heteroatoms. The Morgan fingerprint density at radius 3 is 2.18 bits per heavy atom. The van der Waals surface area contributed by atoms with Crippen LogP contribution >= 0.6 is 24.8 Å². The van der Waals surface area contributed by atoms with E-state index < -0.39 is 0 Å². The smallest absolute Gasteiger partial charge is 0.0317 e. The van der Waals surface area contributed by atoms with Crippen molar-refractivity contribution in [2.75, 3.05) is 5.73 Å². The van der Waals surface area contributed by atoms with Gasteiger partial charge >= 0.3 is 0 Å². The van der Waals surface area contributed by atoms with Gasteiger partial charge < -0.3 is 11.5 Å². The molecule has 0 aromatic heterocycles. The second kappa shape index (κ2) is 6.28. The van der Waals surface area contributed by atoms with Crippen LogP contribution in [0.4, 0.5) is 5.69 Å². The standard InChI is InChI=1S/C7H10N2.2ClH/c8-5-6-2-1-3-7(9)4-6;;/h1-4H,5,8-9H2;2*1H. The summed E-state index contributed by atoms with van der Waals surface area (Å²) in [5, 5.41) is 0. The van der Waals surface area contributed by atoms with Crippen molar-refractivity contribution in [1.29, 1.82) is 0 Å². The van der Waals surface area contributed by atoms with Gasteiger partial charge in [0.1, 0.15) is 0 Å². The van der Waals surface area contributed by atoms with Crippen LogP contribution in [0.15, 0.2) is 24.3 Å². The van der Waals surface area contributed by atoms with Gasteiger partial charge in [-0.3, -0.25) is 0 Å². The van der Waals surface area contributed by atoms with Gasteiger partial charge in [-0.15, -0.1) is 24.8 Å². The normalized spacial score (nSPS) is 7.73. The number of benzene rings is 1. The Morgan fingerprint density at radius 1 is 1.18 bits per heavy atom. The number of hydrogen-bond acceptors (Lipinski definition) is 2. The molecule has 0 saturated heterocycles. The van der Waals surface area contributed by atoms with Gasteiger partial charge in [0.2, 0.25) is 0 Å². The van der Waals surface area contributed by atoms with E-state index in [1.165, 1.54) is 0 Å². The van der Waals surface area contributed by atoms with Crippen LogP contribution in [0.25, 0.3) is 0 Å². The fourth-order valence-corrected chi connectivity index (χ4v) is 0.720. The molecule has 11 heavy (non-hydrogen) atoms. The van der Waals surface area contributed by atoms with Crippen molar-refractivity contribution in [2.24, 2.45) is 5.73 Å². The minimum atomic E-state index is 0. The molecule has 1 aromatic carbocycles. The van der Waals surface area contributed by atoms with Crippen molar-refractivity contribution in [3.05, 3.63) is 29.8 Å². The zero-order chi connectivity index (χ0) is 6.69. The molecule has 0 bridgehead atoms. The molecule has 4 N–H and O–H groups in total. The molecule has 0 heterocycles. The lowest BCUT2D eigenvalue weighted by Gasteiger charge is -1.95. The molecule has 0 saturated carbocycles. The summed E-state index contributed by atoms with van der Waals surface area (Å²) in [6, 6.07) is 7.58. The third kappa shape index (κ3) is 4.09. The summed E-state index contributed by atoms with van der Waals surface area (Å²) in [6.07, 6.45) is 0. The number of nitrogens with two attached hydrogens (primary N) is 2. The molecule has 1 rings (SSSR count). The highest BCUT2D eigenvalue weighted by Gasteiger charge is 1.86. The van der Waals surface area contributed by atoms with Crippen LogP contribution in [-0.2, 0) is 6.54 Å². The molecular formula is C7H12Cl2N2. The van der Waals surface area contributed by atoms with E-state index in [9.17, 15) is 0 Å². The molecule has 0 fully saturated rings. The molecule has 0 atom stereocenters. The molecule has 0 aliphatic heterocycles. The van der Waals surface area contributed by atoms with Gasteiger partial charge in [-0.1, -0.05) is 12.1 Å². The Hall–Kier alpha value is -0.440. The number of anilines is 1. The van der Waals surface area contributed by atoms with E-state index in [4.69, 9.17) is 11.5 Å². The van der Waals surface area contributed by atoms with E-state index in [1.807, 2.05) is 24.3 Å². The highest BCUT2D eigenvalue weighted by Crippen LogP contribution is 2.04. The second-order valence-electron chi connectivity index (χ2n) is 1.95. The summed E-state index contributed by atoms with van der Waals surface area (Å²) in [6.45, 7) is 0.561. The first kappa shape index (κ1) is 13.2. The van der Waals surface area contributed by atoms with Crippen molar-refractivity contribution in [1.82, 2.24) is 0 Å². The summed E-state index contributed by atoms with van der Waals surface area (Å²) in [7, 11) is 0. The van der Waals surface area contributed by atoms with Crippen molar-refractivity contribution >= 4 is 30.5 Å². The van der Waals surface area contributed by atoms with Crippen LogP contribution < -0.4 is 11.5 Å². The van der Waals surface area contributed by atoms with E-state index in [0.717, 1.165) is 11.3 Å². The zero-order valence-electron chi connectivity index (χ0n) is 5.99. The summed E-state index contributed by atoms with van der Waals surface area (Å²) >= 11 is 0. The largest absolute Gasteiger partial charge is 0.399 e. The SMILES string of the molecule is Cl.Cl.NCc1cccc(N)c1. The molecular weight excluding hydrogens is 183 g/mol. The Bertz CT molecular complexity index is 203. The Morgan fingerprint density at radius 2 is 1.82 bits per heavy atom. The molecule has 0 spiro atoms. The molecule has 2 nitrogen and oxygen atoms in total. The van der Waals surface area contributed by atoms with E-state index in [2.05, 4.69) is 0 Å². The second-order valence-corrected chi connectivity index (χ2v) is 1.95. The maximum atomic E-state index is 5.48. The summed E-state index contributed by atoms with van der Waals surface area (Å²) in [4.78, 5) is 0.